The third kappa shape index (κ3) is 4.87. The van der Waals surface area contributed by atoms with E-state index in [-0.39, 0.29) is 0 Å². The van der Waals surface area contributed by atoms with Crippen molar-refractivity contribution in [3.63, 3.8) is 0 Å². The summed E-state index contributed by atoms with van der Waals surface area (Å²) in [6, 6.07) is 18.4. The highest BCUT2D eigenvalue weighted by Crippen LogP contribution is 2.40. The molecule has 1 saturated carbocycles. The fourth-order valence-electron chi connectivity index (χ4n) is 4.33. The van der Waals surface area contributed by atoms with Gasteiger partial charge < -0.3 is 0 Å². The smallest absolute Gasteiger partial charge is 0.0149 e. The third-order valence-electron chi connectivity index (χ3n) is 5.84. The van der Waals surface area contributed by atoms with Crippen LogP contribution in [0, 0.1) is 5.92 Å². The van der Waals surface area contributed by atoms with Crippen LogP contribution >= 0.6 is 0 Å². The molecule has 0 N–H and O–H groups in total. The zero-order valence-electron chi connectivity index (χ0n) is 16.6. The molecule has 1 aliphatic carbocycles. The van der Waals surface area contributed by atoms with Gasteiger partial charge in [0.2, 0.25) is 0 Å². The van der Waals surface area contributed by atoms with Crippen LogP contribution < -0.4 is 0 Å². The number of hydrogen-bond acceptors (Lipinski definition) is 0. The molecule has 0 aliphatic heterocycles. The molecule has 0 nitrogen and oxygen atoms in total. The van der Waals surface area contributed by atoms with Crippen molar-refractivity contribution in [2.24, 2.45) is 5.92 Å². The highest BCUT2D eigenvalue weighted by Gasteiger charge is 2.22. The molecule has 0 atom stereocenters. The molecule has 0 unspecified atom stereocenters. The van der Waals surface area contributed by atoms with Crippen molar-refractivity contribution in [1.82, 2.24) is 0 Å². The van der Waals surface area contributed by atoms with E-state index >= 15 is 0 Å². The van der Waals surface area contributed by atoms with Crippen molar-refractivity contribution in [2.45, 2.75) is 71.1 Å². The first kappa shape index (κ1) is 19.0. The number of allylic oxidation sites excluding steroid dienone is 2. The van der Waals surface area contributed by atoms with Crippen LogP contribution in [0.15, 0.2) is 60.7 Å². The van der Waals surface area contributed by atoms with Crippen LogP contribution in [0.2, 0.25) is 0 Å². The van der Waals surface area contributed by atoms with Gasteiger partial charge in [-0.1, -0.05) is 87.4 Å². The molecule has 2 aromatic rings. The summed E-state index contributed by atoms with van der Waals surface area (Å²) in [5.41, 5.74) is 5.84. The number of benzene rings is 2. The fourth-order valence-corrected chi connectivity index (χ4v) is 4.33. The van der Waals surface area contributed by atoms with Gasteiger partial charge in [0.15, 0.2) is 0 Å². The van der Waals surface area contributed by atoms with Crippen molar-refractivity contribution in [3.05, 3.63) is 71.8 Å². The average molecular weight is 347 g/mol. The number of unbranched alkanes of at least 4 members (excludes halogenated alkanes) is 1. The van der Waals surface area contributed by atoms with Gasteiger partial charge in [-0.3, -0.25) is 0 Å². The van der Waals surface area contributed by atoms with E-state index in [1.807, 2.05) is 0 Å². The van der Waals surface area contributed by atoms with Gasteiger partial charge in [0.25, 0.3) is 0 Å². The first-order valence-corrected chi connectivity index (χ1v) is 10.7. The second kappa shape index (κ2) is 9.76. The Labute approximate surface area is 160 Å². The van der Waals surface area contributed by atoms with Gasteiger partial charge in [-0.25, -0.2) is 0 Å². The summed E-state index contributed by atoms with van der Waals surface area (Å²) in [4.78, 5) is 0. The van der Waals surface area contributed by atoms with Gasteiger partial charge in [0.05, 0.1) is 0 Å². The van der Waals surface area contributed by atoms with Crippen LogP contribution in [0.4, 0.5) is 0 Å². The normalized spacial score (nSPS) is 20.5. The predicted octanol–water partition coefficient (Wildman–Crippen LogP) is 7.94. The Hall–Kier alpha value is -1.82. The molecular weight excluding hydrogens is 312 g/mol. The van der Waals surface area contributed by atoms with E-state index in [0.717, 1.165) is 11.8 Å². The Kier molecular flexibility index (Phi) is 7.12. The summed E-state index contributed by atoms with van der Waals surface area (Å²) < 4.78 is 0. The molecule has 0 saturated heterocycles. The highest BCUT2D eigenvalue weighted by molar-refractivity contribution is 5.68. The van der Waals surface area contributed by atoms with Gasteiger partial charge in [-0.2, -0.15) is 0 Å². The zero-order valence-corrected chi connectivity index (χ0v) is 16.6. The largest absolute Gasteiger partial charge is 0.0883 e. The van der Waals surface area contributed by atoms with E-state index < -0.39 is 0 Å². The lowest BCUT2D eigenvalue weighted by molar-refractivity contribution is 0.376. The van der Waals surface area contributed by atoms with Gasteiger partial charge in [0, 0.05) is 0 Å². The molecule has 26 heavy (non-hydrogen) atoms. The second-order valence-corrected chi connectivity index (χ2v) is 7.86. The van der Waals surface area contributed by atoms with Crippen LogP contribution in [0.1, 0.15) is 75.8 Å². The molecule has 1 fully saturated rings. The lowest BCUT2D eigenvalue weighted by atomic mass is 9.76. The first-order chi connectivity index (χ1) is 12.8. The molecule has 3 rings (SSSR count). The van der Waals surface area contributed by atoms with Crippen molar-refractivity contribution in [3.8, 4) is 11.1 Å². The maximum absolute atomic E-state index is 2.48. The lowest BCUT2D eigenvalue weighted by Gasteiger charge is -2.28. The summed E-state index contributed by atoms with van der Waals surface area (Å²) in [5.74, 6) is 1.52. The molecule has 0 amide bonds. The van der Waals surface area contributed by atoms with Crippen molar-refractivity contribution in [2.75, 3.05) is 0 Å². The topological polar surface area (TPSA) is 0 Å². The van der Waals surface area contributed by atoms with Crippen molar-refractivity contribution >= 4 is 0 Å². The summed E-state index contributed by atoms with van der Waals surface area (Å²) in [6.07, 6.45) is 15.1. The van der Waals surface area contributed by atoms with Gasteiger partial charge in [-0.15, -0.1) is 0 Å². The number of rotatable bonds is 7. The van der Waals surface area contributed by atoms with Crippen LogP contribution in [0.3, 0.4) is 0 Å². The van der Waals surface area contributed by atoms with E-state index in [0.29, 0.717) is 0 Å². The van der Waals surface area contributed by atoms with Gasteiger partial charge in [0.1, 0.15) is 0 Å². The molecule has 0 radical (unpaired) electrons. The minimum atomic E-state index is 0.720. The molecule has 2 aromatic carbocycles. The SMILES string of the molecule is CCCC=CC1CCC(c2ccccc2-c2ccc(CCC)cc2)CC1. The Bertz CT molecular complexity index is 684. The summed E-state index contributed by atoms with van der Waals surface area (Å²) in [7, 11) is 0. The van der Waals surface area contributed by atoms with E-state index in [1.54, 1.807) is 5.56 Å². The van der Waals surface area contributed by atoms with E-state index in [4.69, 9.17) is 0 Å². The Morgan fingerprint density at radius 1 is 0.846 bits per heavy atom. The van der Waals surface area contributed by atoms with Crippen LogP contribution in [0.5, 0.6) is 0 Å². The molecular formula is C26H34. The summed E-state index contributed by atoms with van der Waals surface area (Å²) in [5, 5.41) is 0. The highest BCUT2D eigenvalue weighted by atomic mass is 14.3. The predicted molar refractivity (Wildman–Crippen MR) is 115 cm³/mol. The third-order valence-corrected chi connectivity index (χ3v) is 5.84. The van der Waals surface area contributed by atoms with E-state index in [2.05, 4.69) is 74.5 Å². The van der Waals surface area contributed by atoms with Crippen LogP contribution in [-0.4, -0.2) is 0 Å². The number of hydrogen-bond donors (Lipinski definition) is 0. The van der Waals surface area contributed by atoms with Gasteiger partial charge in [-0.05, 0) is 72.6 Å². The molecule has 0 heteroatoms. The molecule has 1 aliphatic rings. The first-order valence-electron chi connectivity index (χ1n) is 10.7. The molecule has 0 heterocycles. The van der Waals surface area contributed by atoms with Crippen LogP contribution in [0.25, 0.3) is 11.1 Å². The van der Waals surface area contributed by atoms with E-state index in [1.165, 1.54) is 68.1 Å². The second-order valence-electron chi connectivity index (χ2n) is 7.86. The fraction of sp³-hybridized carbons (Fsp3) is 0.462. The average Bonchev–Trinajstić information content (AvgIpc) is 2.70. The minimum Gasteiger partial charge on any atom is -0.0883 e. The standard InChI is InChI=1S/C26H34/c1-3-5-6-10-22-15-19-24(20-16-22)26-12-8-7-11-25(26)23-17-13-21(9-4-2)14-18-23/h6-8,10-14,17-18,22,24H,3-5,9,15-16,19-20H2,1-2H3. The van der Waals surface area contributed by atoms with Crippen LogP contribution in [-0.2, 0) is 6.42 Å². The quantitative estimate of drug-likeness (QED) is 0.446. The lowest BCUT2D eigenvalue weighted by Crippen LogP contribution is -2.12. The zero-order chi connectivity index (χ0) is 18.2. The van der Waals surface area contributed by atoms with E-state index in [9.17, 15) is 0 Å². The monoisotopic (exact) mass is 346 g/mol. The van der Waals surface area contributed by atoms with Crippen molar-refractivity contribution < 1.29 is 0 Å². The summed E-state index contributed by atoms with van der Waals surface area (Å²) >= 11 is 0. The Balaban J connectivity index is 1.72. The Morgan fingerprint density at radius 3 is 2.27 bits per heavy atom. The minimum absolute atomic E-state index is 0.720. The number of aryl methyl sites for hydroxylation is 1. The summed E-state index contributed by atoms with van der Waals surface area (Å²) in [6.45, 7) is 4.50. The Morgan fingerprint density at radius 2 is 1.58 bits per heavy atom. The maximum atomic E-state index is 2.48. The molecule has 0 aromatic heterocycles. The molecule has 138 valence electrons. The van der Waals surface area contributed by atoms with Gasteiger partial charge >= 0.3 is 0 Å². The maximum Gasteiger partial charge on any atom is -0.0149 e. The van der Waals surface area contributed by atoms with Crippen molar-refractivity contribution in [1.29, 1.82) is 0 Å². The molecule has 0 spiro atoms. The molecule has 0 bridgehead atoms.